The van der Waals surface area contributed by atoms with Gasteiger partial charge in [0.05, 0.1) is 0 Å². The quantitative estimate of drug-likeness (QED) is 0.807. The van der Waals surface area contributed by atoms with Crippen molar-refractivity contribution in [2.24, 2.45) is 0 Å². The Kier molecular flexibility index (Phi) is 5.86. The van der Waals surface area contributed by atoms with Gasteiger partial charge in [-0.05, 0) is 26.0 Å². The molecule has 0 saturated carbocycles. The lowest BCUT2D eigenvalue weighted by Crippen LogP contribution is -2.37. The van der Waals surface area contributed by atoms with Crippen molar-refractivity contribution in [3.8, 4) is 0 Å². The molecule has 0 aliphatic carbocycles. The Morgan fingerprint density at radius 1 is 1.33 bits per heavy atom. The summed E-state index contributed by atoms with van der Waals surface area (Å²) >= 11 is 0. The molecule has 0 heterocycles. The van der Waals surface area contributed by atoms with Crippen LogP contribution < -0.4 is 0 Å². The number of likely N-dealkylation sites (N-methyl/N-ethyl adjacent to an activating group) is 1. The number of nitrogens with zero attached hydrogens (tertiary/aromatic N) is 1. The standard InChI is InChI=1S/C15H23NO2/c1-4-5-6-14(15(17)18)16(3)11-13-9-7-12(2)8-10-13/h7-10,14H,4-6,11H2,1-3H3,(H,17,18). The summed E-state index contributed by atoms with van der Waals surface area (Å²) in [6.45, 7) is 4.81. The first-order valence-electron chi connectivity index (χ1n) is 6.53. The van der Waals surface area contributed by atoms with Gasteiger partial charge in [0.15, 0.2) is 0 Å². The predicted molar refractivity (Wildman–Crippen MR) is 73.6 cm³/mol. The number of rotatable bonds is 7. The third kappa shape index (κ3) is 4.49. The number of carbonyl (C=O) groups is 1. The molecule has 3 nitrogen and oxygen atoms in total. The maximum Gasteiger partial charge on any atom is 0.320 e. The smallest absolute Gasteiger partial charge is 0.320 e. The van der Waals surface area contributed by atoms with Crippen molar-refractivity contribution in [1.82, 2.24) is 4.90 Å². The van der Waals surface area contributed by atoms with Crippen LogP contribution in [0.25, 0.3) is 0 Å². The first-order valence-corrected chi connectivity index (χ1v) is 6.53. The van der Waals surface area contributed by atoms with Crippen LogP contribution in [0.4, 0.5) is 0 Å². The number of benzene rings is 1. The molecular weight excluding hydrogens is 226 g/mol. The maximum absolute atomic E-state index is 11.2. The number of carboxylic acid groups (broad SMARTS) is 1. The third-order valence-corrected chi connectivity index (χ3v) is 3.20. The summed E-state index contributed by atoms with van der Waals surface area (Å²) in [6.07, 6.45) is 2.70. The largest absolute Gasteiger partial charge is 0.480 e. The summed E-state index contributed by atoms with van der Waals surface area (Å²) in [4.78, 5) is 13.2. The molecule has 1 rings (SSSR count). The lowest BCUT2D eigenvalue weighted by Gasteiger charge is -2.24. The van der Waals surface area contributed by atoms with Crippen molar-refractivity contribution in [2.75, 3.05) is 7.05 Å². The van der Waals surface area contributed by atoms with E-state index in [-0.39, 0.29) is 6.04 Å². The highest BCUT2D eigenvalue weighted by Crippen LogP contribution is 2.12. The second kappa shape index (κ2) is 7.17. The normalized spacial score (nSPS) is 12.7. The number of aliphatic carboxylic acids is 1. The van der Waals surface area contributed by atoms with Gasteiger partial charge in [0.1, 0.15) is 6.04 Å². The Balaban J connectivity index is 2.63. The van der Waals surface area contributed by atoms with E-state index in [1.807, 2.05) is 11.9 Å². The first-order chi connectivity index (χ1) is 8.54. The van der Waals surface area contributed by atoms with Crippen molar-refractivity contribution >= 4 is 5.97 Å². The van der Waals surface area contributed by atoms with Gasteiger partial charge in [0.2, 0.25) is 0 Å². The molecule has 3 heteroatoms. The fraction of sp³-hybridized carbons (Fsp3) is 0.533. The van der Waals surface area contributed by atoms with Gasteiger partial charge in [-0.1, -0.05) is 49.6 Å². The molecule has 1 atom stereocenters. The first kappa shape index (κ1) is 14.7. The minimum atomic E-state index is -0.724. The average molecular weight is 249 g/mol. The summed E-state index contributed by atoms with van der Waals surface area (Å²) < 4.78 is 0. The molecule has 0 aliphatic heterocycles. The number of carboxylic acids is 1. The number of hydrogen-bond donors (Lipinski definition) is 1. The molecule has 1 aromatic rings. The highest BCUT2D eigenvalue weighted by Gasteiger charge is 2.21. The molecule has 1 aromatic carbocycles. The summed E-state index contributed by atoms with van der Waals surface area (Å²) in [5.74, 6) is -0.724. The minimum absolute atomic E-state index is 0.383. The van der Waals surface area contributed by atoms with Gasteiger partial charge in [0, 0.05) is 6.54 Å². The van der Waals surface area contributed by atoms with Gasteiger partial charge in [-0.3, -0.25) is 9.69 Å². The van der Waals surface area contributed by atoms with Crippen LogP contribution in [-0.4, -0.2) is 29.1 Å². The van der Waals surface area contributed by atoms with Crippen molar-refractivity contribution < 1.29 is 9.90 Å². The van der Waals surface area contributed by atoms with Gasteiger partial charge >= 0.3 is 5.97 Å². The predicted octanol–water partition coefficient (Wildman–Crippen LogP) is 3.07. The fourth-order valence-electron chi connectivity index (χ4n) is 2.02. The van der Waals surface area contributed by atoms with E-state index in [0.717, 1.165) is 18.4 Å². The van der Waals surface area contributed by atoms with E-state index in [0.29, 0.717) is 13.0 Å². The highest BCUT2D eigenvalue weighted by molar-refractivity contribution is 5.73. The van der Waals surface area contributed by atoms with Gasteiger partial charge in [0.25, 0.3) is 0 Å². The van der Waals surface area contributed by atoms with Crippen LogP contribution in [0.1, 0.15) is 37.3 Å². The molecule has 100 valence electrons. The molecule has 1 unspecified atom stereocenters. The van der Waals surface area contributed by atoms with E-state index < -0.39 is 5.97 Å². The molecule has 18 heavy (non-hydrogen) atoms. The molecular formula is C15H23NO2. The van der Waals surface area contributed by atoms with Gasteiger partial charge in [-0.25, -0.2) is 0 Å². The molecule has 1 N–H and O–H groups in total. The summed E-state index contributed by atoms with van der Waals surface area (Å²) in [5, 5.41) is 9.25. The lowest BCUT2D eigenvalue weighted by atomic mass is 10.1. The summed E-state index contributed by atoms with van der Waals surface area (Å²) in [5.41, 5.74) is 2.38. The van der Waals surface area contributed by atoms with Crippen molar-refractivity contribution in [3.05, 3.63) is 35.4 Å². The molecule has 0 saturated heterocycles. The molecule has 0 amide bonds. The molecule has 0 radical (unpaired) electrons. The van der Waals surface area contributed by atoms with Crippen LogP contribution in [0.3, 0.4) is 0 Å². The van der Waals surface area contributed by atoms with E-state index in [4.69, 9.17) is 0 Å². The van der Waals surface area contributed by atoms with Crippen molar-refractivity contribution in [3.63, 3.8) is 0 Å². The van der Waals surface area contributed by atoms with Crippen LogP contribution in [0.15, 0.2) is 24.3 Å². The fourth-order valence-corrected chi connectivity index (χ4v) is 2.02. The number of aryl methyl sites for hydroxylation is 1. The van der Waals surface area contributed by atoms with Crippen LogP contribution in [0.2, 0.25) is 0 Å². The van der Waals surface area contributed by atoms with E-state index >= 15 is 0 Å². The Labute approximate surface area is 109 Å². The van der Waals surface area contributed by atoms with E-state index in [2.05, 4.69) is 38.1 Å². The molecule has 0 aliphatic rings. The Morgan fingerprint density at radius 2 is 1.94 bits per heavy atom. The number of unbranched alkanes of at least 4 members (excludes halogenated alkanes) is 1. The summed E-state index contributed by atoms with van der Waals surface area (Å²) in [7, 11) is 1.88. The van der Waals surface area contributed by atoms with Gasteiger partial charge < -0.3 is 5.11 Å². The minimum Gasteiger partial charge on any atom is -0.480 e. The second-order valence-corrected chi connectivity index (χ2v) is 4.90. The van der Waals surface area contributed by atoms with E-state index in [1.165, 1.54) is 5.56 Å². The molecule has 0 aromatic heterocycles. The maximum atomic E-state index is 11.2. The van der Waals surface area contributed by atoms with Crippen LogP contribution in [-0.2, 0) is 11.3 Å². The Hall–Kier alpha value is -1.35. The zero-order chi connectivity index (χ0) is 13.5. The van der Waals surface area contributed by atoms with E-state index in [1.54, 1.807) is 0 Å². The van der Waals surface area contributed by atoms with Crippen LogP contribution in [0, 0.1) is 6.92 Å². The molecule has 0 bridgehead atoms. The van der Waals surface area contributed by atoms with Crippen molar-refractivity contribution in [2.45, 2.75) is 45.7 Å². The van der Waals surface area contributed by atoms with Crippen LogP contribution >= 0.6 is 0 Å². The van der Waals surface area contributed by atoms with Crippen molar-refractivity contribution in [1.29, 1.82) is 0 Å². The Bertz CT molecular complexity index is 373. The zero-order valence-electron chi connectivity index (χ0n) is 11.5. The van der Waals surface area contributed by atoms with E-state index in [9.17, 15) is 9.90 Å². The SMILES string of the molecule is CCCCC(C(=O)O)N(C)Cc1ccc(C)cc1. The Morgan fingerprint density at radius 3 is 2.44 bits per heavy atom. The van der Waals surface area contributed by atoms with Crippen LogP contribution in [0.5, 0.6) is 0 Å². The molecule has 0 spiro atoms. The third-order valence-electron chi connectivity index (χ3n) is 3.20. The average Bonchev–Trinajstić information content (AvgIpc) is 2.32. The second-order valence-electron chi connectivity index (χ2n) is 4.90. The lowest BCUT2D eigenvalue weighted by molar-refractivity contribution is -0.143. The van der Waals surface area contributed by atoms with Gasteiger partial charge in [-0.2, -0.15) is 0 Å². The number of hydrogen-bond acceptors (Lipinski definition) is 2. The zero-order valence-corrected chi connectivity index (χ0v) is 11.5. The highest BCUT2D eigenvalue weighted by atomic mass is 16.4. The molecule has 0 fully saturated rings. The topological polar surface area (TPSA) is 40.5 Å². The monoisotopic (exact) mass is 249 g/mol. The van der Waals surface area contributed by atoms with Gasteiger partial charge in [-0.15, -0.1) is 0 Å². The summed E-state index contributed by atoms with van der Waals surface area (Å²) in [6, 6.07) is 7.86.